The lowest BCUT2D eigenvalue weighted by molar-refractivity contribution is 0.128. The predicted octanol–water partition coefficient (Wildman–Crippen LogP) is 5.79. The summed E-state index contributed by atoms with van der Waals surface area (Å²) in [6.45, 7) is 7.44. The lowest BCUT2D eigenvalue weighted by atomic mass is 9.96. The number of ether oxygens (including phenoxy) is 2. The Hall–Kier alpha value is -3.97. The van der Waals surface area contributed by atoms with E-state index in [0.717, 1.165) is 22.4 Å². The van der Waals surface area contributed by atoms with Crippen LogP contribution in [0.25, 0.3) is 0 Å². The summed E-state index contributed by atoms with van der Waals surface area (Å²) >= 11 is 0. The van der Waals surface area contributed by atoms with Crippen molar-refractivity contribution >= 4 is 11.4 Å². The Bertz CT molecular complexity index is 1450. The summed E-state index contributed by atoms with van der Waals surface area (Å²) in [6, 6.07) is 21.4. The second-order valence-corrected chi connectivity index (χ2v) is 9.98. The monoisotopic (exact) mass is 502 g/mol. The van der Waals surface area contributed by atoms with Gasteiger partial charge in [-0.2, -0.15) is 0 Å². The minimum atomic E-state index is -0.629. The first-order valence-corrected chi connectivity index (χ1v) is 12.1. The number of anilines is 2. The molecule has 4 rings (SSSR count). The predicted molar refractivity (Wildman–Crippen MR) is 144 cm³/mol. The summed E-state index contributed by atoms with van der Waals surface area (Å²) in [5.74, 6) is 0.495. The van der Waals surface area contributed by atoms with Crippen molar-refractivity contribution in [3.8, 4) is 11.5 Å². The lowest BCUT2D eigenvalue weighted by Crippen LogP contribution is -2.39. The molecule has 2 N–H and O–H groups in total. The van der Waals surface area contributed by atoms with E-state index in [2.05, 4.69) is 10.6 Å². The molecule has 0 bridgehead atoms. The topological polar surface area (TPSA) is 76.7 Å². The number of benzene rings is 3. The van der Waals surface area contributed by atoms with Crippen molar-refractivity contribution in [2.24, 2.45) is 0 Å². The molecule has 192 valence electrons. The van der Waals surface area contributed by atoms with Crippen molar-refractivity contribution in [1.29, 1.82) is 0 Å². The molecule has 0 radical (unpaired) electrons. The normalized spacial score (nSPS) is 13.2. The maximum Gasteiger partial charge on any atom is 0.272 e. The molecule has 7 heteroatoms. The fourth-order valence-corrected chi connectivity index (χ4v) is 4.13. The fraction of sp³-hybridized carbons (Fsp3) is 0.267. The van der Waals surface area contributed by atoms with E-state index in [1.54, 1.807) is 13.2 Å². The van der Waals surface area contributed by atoms with E-state index in [4.69, 9.17) is 9.47 Å². The Balaban J connectivity index is 1.67. The van der Waals surface area contributed by atoms with Crippen molar-refractivity contribution in [1.82, 2.24) is 5.32 Å². The average molecular weight is 503 g/mol. The van der Waals surface area contributed by atoms with Gasteiger partial charge >= 0.3 is 0 Å². The molecule has 1 unspecified atom stereocenters. The first-order valence-electron chi connectivity index (χ1n) is 12.1. The van der Waals surface area contributed by atoms with Crippen LogP contribution < -0.4 is 31.0 Å². The number of nitrogens with one attached hydrogen (secondary N) is 2. The van der Waals surface area contributed by atoms with Crippen LogP contribution in [0.1, 0.15) is 56.5 Å². The SMILES string of the molecule is COc1ccc(C(N[C@H](C)c2cccc(F)c2)c2cccc(Nc3c(OC(C)(C)C)c(=O)c3=O)c2)cc1. The van der Waals surface area contributed by atoms with Crippen LogP contribution >= 0.6 is 0 Å². The van der Waals surface area contributed by atoms with Crippen molar-refractivity contribution in [3.05, 3.63) is 116 Å². The van der Waals surface area contributed by atoms with Gasteiger partial charge in [-0.15, -0.1) is 0 Å². The van der Waals surface area contributed by atoms with Crippen LogP contribution in [0.4, 0.5) is 15.8 Å². The summed E-state index contributed by atoms with van der Waals surface area (Å²) in [5.41, 5.74) is 1.66. The summed E-state index contributed by atoms with van der Waals surface area (Å²) in [4.78, 5) is 24.4. The quantitative estimate of drug-likeness (QED) is 0.282. The molecule has 0 heterocycles. The summed E-state index contributed by atoms with van der Waals surface area (Å²) in [6.07, 6.45) is 0. The molecule has 0 saturated heterocycles. The van der Waals surface area contributed by atoms with Gasteiger partial charge in [-0.05, 0) is 80.8 Å². The Morgan fingerprint density at radius 1 is 0.838 bits per heavy atom. The summed E-state index contributed by atoms with van der Waals surface area (Å²) in [7, 11) is 1.62. The molecule has 0 aliphatic carbocycles. The van der Waals surface area contributed by atoms with Gasteiger partial charge < -0.3 is 14.8 Å². The molecule has 4 aromatic carbocycles. The molecule has 0 fully saturated rings. The van der Waals surface area contributed by atoms with Crippen LogP contribution in [0.2, 0.25) is 0 Å². The molecular weight excluding hydrogens is 471 g/mol. The molecule has 37 heavy (non-hydrogen) atoms. The minimum Gasteiger partial charge on any atom is -0.497 e. The highest BCUT2D eigenvalue weighted by Crippen LogP contribution is 2.31. The van der Waals surface area contributed by atoms with Gasteiger partial charge in [0.25, 0.3) is 10.9 Å². The van der Waals surface area contributed by atoms with Gasteiger partial charge in [0.05, 0.1) is 13.2 Å². The van der Waals surface area contributed by atoms with E-state index in [1.165, 1.54) is 12.1 Å². The van der Waals surface area contributed by atoms with Crippen LogP contribution in [0.3, 0.4) is 0 Å². The van der Waals surface area contributed by atoms with Crippen molar-refractivity contribution in [3.63, 3.8) is 0 Å². The smallest absolute Gasteiger partial charge is 0.272 e. The Morgan fingerprint density at radius 2 is 1.51 bits per heavy atom. The van der Waals surface area contributed by atoms with Crippen molar-refractivity contribution in [2.45, 2.75) is 45.4 Å². The fourth-order valence-electron chi connectivity index (χ4n) is 4.13. The zero-order chi connectivity index (χ0) is 26.7. The number of hydrogen-bond donors (Lipinski definition) is 2. The highest BCUT2D eigenvalue weighted by atomic mass is 19.1. The van der Waals surface area contributed by atoms with Crippen LogP contribution in [0, 0.1) is 5.82 Å². The molecule has 0 saturated carbocycles. The van der Waals surface area contributed by atoms with Gasteiger partial charge in [0.15, 0.2) is 5.75 Å². The maximum atomic E-state index is 13.9. The largest absolute Gasteiger partial charge is 0.497 e. The van der Waals surface area contributed by atoms with Crippen molar-refractivity contribution < 1.29 is 13.9 Å². The molecule has 0 aliphatic rings. The second-order valence-electron chi connectivity index (χ2n) is 9.98. The van der Waals surface area contributed by atoms with E-state index in [0.29, 0.717) is 5.69 Å². The van der Waals surface area contributed by atoms with E-state index in [1.807, 2.05) is 82.3 Å². The molecule has 4 aromatic rings. The van der Waals surface area contributed by atoms with Gasteiger partial charge in [-0.25, -0.2) is 4.39 Å². The Labute approximate surface area is 215 Å². The number of hydrogen-bond acceptors (Lipinski definition) is 6. The zero-order valence-corrected chi connectivity index (χ0v) is 21.6. The molecule has 2 atom stereocenters. The summed E-state index contributed by atoms with van der Waals surface area (Å²) in [5, 5.41) is 6.68. The lowest BCUT2D eigenvalue weighted by Gasteiger charge is -2.26. The van der Waals surface area contributed by atoms with E-state index in [9.17, 15) is 14.0 Å². The van der Waals surface area contributed by atoms with Crippen molar-refractivity contribution in [2.75, 3.05) is 12.4 Å². The highest BCUT2D eigenvalue weighted by molar-refractivity contribution is 5.70. The van der Waals surface area contributed by atoms with E-state index in [-0.39, 0.29) is 29.3 Å². The molecule has 0 aliphatic heterocycles. The Kier molecular flexibility index (Phi) is 7.45. The van der Waals surface area contributed by atoms with Gasteiger partial charge in [-0.3, -0.25) is 14.9 Å². The highest BCUT2D eigenvalue weighted by Gasteiger charge is 2.27. The average Bonchev–Trinajstić information content (AvgIpc) is 2.88. The first-order chi connectivity index (χ1) is 17.6. The van der Waals surface area contributed by atoms with Crippen LogP contribution in [0.15, 0.2) is 82.4 Å². The standard InChI is InChI=1S/C30H31FN2O4/c1-18(20-8-6-10-22(31)16-20)32-25(19-12-14-24(36-5)15-13-19)21-9-7-11-23(17-21)33-26-27(34)28(35)29(26)37-30(2,3)4/h6-18,25,32-33H,1-5H3/t18-,25?/m1/s1. The molecule has 6 nitrogen and oxygen atoms in total. The summed E-state index contributed by atoms with van der Waals surface area (Å²) < 4.78 is 24.9. The number of halogens is 1. The van der Waals surface area contributed by atoms with E-state index < -0.39 is 16.5 Å². The van der Waals surface area contributed by atoms with Gasteiger partial charge in [-0.1, -0.05) is 36.4 Å². The maximum absolute atomic E-state index is 13.9. The molecule has 0 amide bonds. The zero-order valence-electron chi connectivity index (χ0n) is 21.6. The molecule has 0 spiro atoms. The first kappa shape index (κ1) is 26.1. The third-order valence-electron chi connectivity index (χ3n) is 5.98. The molecular formula is C30H31FN2O4. The number of rotatable bonds is 9. The van der Waals surface area contributed by atoms with Crippen LogP contribution in [0.5, 0.6) is 11.5 Å². The molecule has 0 aromatic heterocycles. The third kappa shape index (κ3) is 6.06. The third-order valence-corrected chi connectivity index (χ3v) is 5.98. The van der Waals surface area contributed by atoms with E-state index >= 15 is 0 Å². The Morgan fingerprint density at radius 3 is 2.16 bits per heavy atom. The number of methoxy groups -OCH3 is 1. The van der Waals surface area contributed by atoms with Gasteiger partial charge in [0.1, 0.15) is 22.9 Å². The van der Waals surface area contributed by atoms with Gasteiger partial charge in [0, 0.05) is 11.7 Å². The van der Waals surface area contributed by atoms with Crippen LogP contribution in [-0.2, 0) is 0 Å². The second kappa shape index (κ2) is 10.6. The van der Waals surface area contributed by atoms with Gasteiger partial charge in [0.2, 0.25) is 0 Å². The minimum absolute atomic E-state index is 0.0486. The van der Waals surface area contributed by atoms with Crippen LogP contribution in [-0.4, -0.2) is 12.7 Å².